The molecule has 0 unspecified atom stereocenters. The molecular weight excluding hydrogens is 390 g/mol. The van der Waals surface area contributed by atoms with Crippen molar-refractivity contribution < 1.29 is 14.3 Å². The summed E-state index contributed by atoms with van der Waals surface area (Å²) in [5.74, 6) is 0.321. The molecule has 3 aromatic carbocycles. The van der Waals surface area contributed by atoms with E-state index in [1.807, 2.05) is 50.5 Å². The molecule has 2 N–H and O–H groups in total. The second kappa shape index (κ2) is 10.4. The van der Waals surface area contributed by atoms with Crippen LogP contribution in [0.4, 0.5) is 5.69 Å². The van der Waals surface area contributed by atoms with Gasteiger partial charge in [0.1, 0.15) is 5.75 Å². The van der Waals surface area contributed by atoms with Crippen LogP contribution in [0, 0.1) is 0 Å². The maximum Gasteiger partial charge on any atom is 0.255 e. The average molecular weight is 418 g/mol. The van der Waals surface area contributed by atoms with Crippen molar-refractivity contribution in [3.05, 3.63) is 95.1 Å². The molecule has 31 heavy (non-hydrogen) atoms. The summed E-state index contributed by atoms with van der Waals surface area (Å²) < 4.78 is 5.11. The molecule has 3 rings (SSSR count). The van der Waals surface area contributed by atoms with Crippen LogP contribution in [0.5, 0.6) is 5.75 Å². The Bertz CT molecular complexity index is 1030. The first-order valence-corrected chi connectivity index (χ1v) is 10.0. The lowest BCUT2D eigenvalue weighted by Gasteiger charge is -2.11. The van der Waals surface area contributed by atoms with Crippen LogP contribution in [0.15, 0.2) is 72.8 Å². The van der Waals surface area contributed by atoms with Crippen LogP contribution >= 0.6 is 0 Å². The Kier molecular flexibility index (Phi) is 7.40. The Balaban J connectivity index is 1.58. The largest absolute Gasteiger partial charge is 0.497 e. The molecule has 6 heteroatoms. The summed E-state index contributed by atoms with van der Waals surface area (Å²) in [5, 5.41) is 5.79. The van der Waals surface area contributed by atoms with Gasteiger partial charge in [-0.1, -0.05) is 24.3 Å². The fourth-order valence-electron chi connectivity index (χ4n) is 3.11. The van der Waals surface area contributed by atoms with Gasteiger partial charge in [0.05, 0.1) is 7.11 Å². The third-order valence-corrected chi connectivity index (χ3v) is 4.71. The van der Waals surface area contributed by atoms with Gasteiger partial charge in [0.25, 0.3) is 11.8 Å². The monoisotopic (exact) mass is 417 g/mol. The fraction of sp³-hybridized carbons (Fsp3) is 0.200. The number of carbonyl (C=O) groups excluding carboxylic acids is 2. The predicted molar refractivity (Wildman–Crippen MR) is 122 cm³/mol. The summed E-state index contributed by atoms with van der Waals surface area (Å²) in [6, 6.07) is 21.9. The number of hydrogen-bond acceptors (Lipinski definition) is 4. The first-order valence-electron chi connectivity index (χ1n) is 10.0. The van der Waals surface area contributed by atoms with E-state index < -0.39 is 0 Å². The molecule has 0 aliphatic rings. The molecule has 0 bridgehead atoms. The lowest BCUT2D eigenvalue weighted by Crippen LogP contribution is -2.23. The summed E-state index contributed by atoms with van der Waals surface area (Å²) in [7, 11) is 5.61. The van der Waals surface area contributed by atoms with E-state index in [9.17, 15) is 9.59 Å². The zero-order valence-corrected chi connectivity index (χ0v) is 18.0. The molecule has 0 fully saturated rings. The van der Waals surface area contributed by atoms with E-state index in [0.29, 0.717) is 23.4 Å². The van der Waals surface area contributed by atoms with Crippen molar-refractivity contribution >= 4 is 17.5 Å². The minimum atomic E-state index is -0.191. The predicted octanol–water partition coefficient (Wildman–Crippen LogP) is 3.94. The Hall–Kier alpha value is -3.64. The first kappa shape index (κ1) is 22.1. The molecule has 3 aromatic rings. The quantitative estimate of drug-likeness (QED) is 0.582. The highest BCUT2D eigenvalue weighted by molar-refractivity contribution is 6.04. The standard InChI is InChI=1S/C25H27N3O3/c1-28(2)17-18-7-11-22(12-8-18)27-25(30)21-6-4-5-19(15-21)16-26-24(29)20-9-13-23(31-3)14-10-20/h4-15H,16-17H2,1-3H3,(H,26,29)(H,27,30). The van der Waals surface area contributed by atoms with E-state index in [1.54, 1.807) is 43.5 Å². The van der Waals surface area contributed by atoms with Crippen molar-refractivity contribution in [3.8, 4) is 5.75 Å². The molecule has 2 amide bonds. The molecule has 0 saturated heterocycles. The zero-order chi connectivity index (χ0) is 22.2. The van der Waals surface area contributed by atoms with Gasteiger partial charge >= 0.3 is 0 Å². The van der Waals surface area contributed by atoms with Crippen LogP contribution in [0.3, 0.4) is 0 Å². The van der Waals surface area contributed by atoms with E-state index in [-0.39, 0.29) is 11.8 Å². The molecule has 0 atom stereocenters. The molecule has 0 radical (unpaired) electrons. The number of carbonyl (C=O) groups is 2. The number of rotatable bonds is 8. The third-order valence-electron chi connectivity index (χ3n) is 4.71. The number of ether oxygens (including phenoxy) is 1. The van der Waals surface area contributed by atoms with Crippen molar-refractivity contribution in [1.29, 1.82) is 0 Å². The van der Waals surface area contributed by atoms with Gasteiger partial charge in [-0.25, -0.2) is 0 Å². The van der Waals surface area contributed by atoms with Crippen molar-refractivity contribution in [2.24, 2.45) is 0 Å². The molecule has 0 heterocycles. The van der Waals surface area contributed by atoms with Crippen molar-refractivity contribution in [1.82, 2.24) is 10.2 Å². The van der Waals surface area contributed by atoms with E-state index >= 15 is 0 Å². The van der Waals surface area contributed by atoms with Crippen molar-refractivity contribution in [2.45, 2.75) is 13.1 Å². The summed E-state index contributed by atoms with van der Waals surface area (Å²) >= 11 is 0. The number of nitrogens with one attached hydrogen (secondary N) is 2. The maximum absolute atomic E-state index is 12.6. The fourth-order valence-corrected chi connectivity index (χ4v) is 3.11. The molecule has 0 spiro atoms. The summed E-state index contributed by atoms with van der Waals surface area (Å²) in [4.78, 5) is 27.1. The van der Waals surface area contributed by atoms with Crippen molar-refractivity contribution in [2.75, 3.05) is 26.5 Å². The normalized spacial score (nSPS) is 10.6. The van der Waals surface area contributed by atoms with Gasteiger partial charge in [-0.05, 0) is 73.8 Å². The molecular formula is C25H27N3O3. The van der Waals surface area contributed by atoms with E-state index in [1.165, 1.54) is 5.56 Å². The maximum atomic E-state index is 12.6. The number of anilines is 1. The highest BCUT2D eigenvalue weighted by Gasteiger charge is 2.09. The number of methoxy groups -OCH3 is 1. The van der Waals surface area contributed by atoms with Gasteiger partial charge in [-0.3, -0.25) is 9.59 Å². The number of hydrogen-bond donors (Lipinski definition) is 2. The van der Waals surface area contributed by atoms with Crippen LogP contribution in [-0.2, 0) is 13.1 Å². The highest BCUT2D eigenvalue weighted by Crippen LogP contribution is 2.14. The second-order valence-corrected chi connectivity index (χ2v) is 7.50. The SMILES string of the molecule is COc1ccc(C(=O)NCc2cccc(C(=O)Nc3ccc(CN(C)C)cc3)c2)cc1. The Morgan fingerprint density at radius 2 is 1.55 bits per heavy atom. The van der Waals surface area contributed by atoms with Gasteiger partial charge in [-0.2, -0.15) is 0 Å². The van der Waals surface area contributed by atoms with E-state index in [2.05, 4.69) is 15.5 Å². The van der Waals surface area contributed by atoms with Crippen LogP contribution in [0.25, 0.3) is 0 Å². The van der Waals surface area contributed by atoms with Crippen LogP contribution < -0.4 is 15.4 Å². The minimum absolute atomic E-state index is 0.185. The molecule has 0 aliphatic carbocycles. The highest BCUT2D eigenvalue weighted by atomic mass is 16.5. The Labute approximate surface area is 182 Å². The van der Waals surface area contributed by atoms with E-state index in [4.69, 9.17) is 4.74 Å². The summed E-state index contributed by atoms with van der Waals surface area (Å²) in [6.45, 7) is 1.17. The van der Waals surface area contributed by atoms with Gasteiger partial charge < -0.3 is 20.3 Å². The molecule has 0 aromatic heterocycles. The Morgan fingerprint density at radius 1 is 0.839 bits per heavy atom. The number of amides is 2. The van der Waals surface area contributed by atoms with Crippen LogP contribution in [0.1, 0.15) is 31.8 Å². The smallest absolute Gasteiger partial charge is 0.255 e. The molecule has 160 valence electrons. The van der Waals surface area contributed by atoms with E-state index in [0.717, 1.165) is 17.8 Å². The molecule has 0 saturated carbocycles. The second-order valence-electron chi connectivity index (χ2n) is 7.50. The van der Waals surface area contributed by atoms with Crippen LogP contribution in [0.2, 0.25) is 0 Å². The molecule has 6 nitrogen and oxygen atoms in total. The number of benzene rings is 3. The Morgan fingerprint density at radius 3 is 2.19 bits per heavy atom. The number of nitrogens with zero attached hydrogens (tertiary/aromatic N) is 1. The lowest BCUT2D eigenvalue weighted by molar-refractivity contribution is 0.0950. The van der Waals surface area contributed by atoms with Gasteiger partial charge in [-0.15, -0.1) is 0 Å². The van der Waals surface area contributed by atoms with Crippen molar-refractivity contribution in [3.63, 3.8) is 0 Å². The average Bonchev–Trinajstić information content (AvgIpc) is 2.78. The van der Waals surface area contributed by atoms with Gasteiger partial charge in [0.2, 0.25) is 0 Å². The lowest BCUT2D eigenvalue weighted by atomic mass is 10.1. The van der Waals surface area contributed by atoms with Gasteiger partial charge in [0.15, 0.2) is 0 Å². The van der Waals surface area contributed by atoms with Crippen LogP contribution in [-0.4, -0.2) is 37.9 Å². The topological polar surface area (TPSA) is 70.7 Å². The third kappa shape index (κ3) is 6.42. The zero-order valence-electron chi connectivity index (χ0n) is 18.0. The molecule has 0 aliphatic heterocycles. The first-order chi connectivity index (χ1) is 14.9. The summed E-state index contributed by atoms with van der Waals surface area (Å²) in [6.07, 6.45) is 0. The minimum Gasteiger partial charge on any atom is -0.497 e. The van der Waals surface area contributed by atoms with Gasteiger partial charge in [0, 0.05) is 29.9 Å². The summed E-state index contributed by atoms with van der Waals surface area (Å²) in [5.41, 5.74) is 3.85.